The second-order valence-electron chi connectivity index (χ2n) is 4.83. The molecule has 0 radical (unpaired) electrons. The van der Waals surface area contributed by atoms with Crippen molar-refractivity contribution in [2.45, 2.75) is 34.2 Å². The van der Waals surface area contributed by atoms with Gasteiger partial charge >= 0.3 is 0 Å². The Labute approximate surface area is 91.2 Å². The SMILES string of the molecule is Cc1c(CN=C(N)C(C)(C)C)cnn1C. The lowest BCUT2D eigenvalue weighted by Crippen LogP contribution is -2.29. The number of aryl methyl sites for hydroxylation is 1. The average Bonchev–Trinajstić information content (AvgIpc) is 2.43. The van der Waals surface area contributed by atoms with E-state index < -0.39 is 0 Å². The number of hydrogen-bond donors (Lipinski definition) is 1. The molecule has 0 bridgehead atoms. The Morgan fingerprint density at radius 2 is 2.13 bits per heavy atom. The summed E-state index contributed by atoms with van der Waals surface area (Å²) < 4.78 is 1.85. The Morgan fingerprint density at radius 3 is 2.53 bits per heavy atom. The van der Waals surface area contributed by atoms with Crippen LogP contribution in [0.5, 0.6) is 0 Å². The molecular formula is C11H20N4. The summed E-state index contributed by atoms with van der Waals surface area (Å²) in [4.78, 5) is 4.38. The average molecular weight is 208 g/mol. The summed E-state index contributed by atoms with van der Waals surface area (Å²) in [6, 6.07) is 0. The molecule has 0 aliphatic heterocycles. The molecule has 0 aliphatic rings. The molecule has 1 aromatic rings. The zero-order chi connectivity index (χ0) is 11.6. The fourth-order valence-electron chi connectivity index (χ4n) is 1.11. The smallest absolute Gasteiger partial charge is 0.0995 e. The van der Waals surface area contributed by atoms with Crippen molar-refractivity contribution in [1.82, 2.24) is 9.78 Å². The molecule has 1 rings (SSSR count). The largest absolute Gasteiger partial charge is 0.387 e. The minimum atomic E-state index is -0.0594. The highest BCUT2D eigenvalue weighted by Crippen LogP contribution is 2.14. The highest BCUT2D eigenvalue weighted by molar-refractivity contribution is 5.85. The van der Waals surface area contributed by atoms with Crippen molar-refractivity contribution in [1.29, 1.82) is 0 Å². The van der Waals surface area contributed by atoms with Crippen molar-refractivity contribution in [2.24, 2.45) is 23.2 Å². The van der Waals surface area contributed by atoms with Gasteiger partial charge in [0.05, 0.1) is 18.6 Å². The van der Waals surface area contributed by atoms with Gasteiger partial charge in [-0.15, -0.1) is 0 Å². The highest BCUT2D eigenvalue weighted by Gasteiger charge is 2.15. The minimum absolute atomic E-state index is 0.0594. The molecule has 4 heteroatoms. The molecule has 0 unspecified atom stereocenters. The van der Waals surface area contributed by atoms with Crippen LogP contribution in [-0.2, 0) is 13.6 Å². The number of hydrogen-bond acceptors (Lipinski definition) is 2. The first-order valence-corrected chi connectivity index (χ1v) is 5.10. The Kier molecular flexibility index (Phi) is 3.17. The third-order valence-electron chi connectivity index (χ3n) is 2.53. The molecular weight excluding hydrogens is 188 g/mol. The number of aliphatic imine (C=N–C) groups is 1. The molecule has 0 atom stereocenters. The van der Waals surface area contributed by atoms with E-state index in [4.69, 9.17) is 5.73 Å². The number of nitrogens with two attached hydrogens (primary N) is 1. The van der Waals surface area contributed by atoms with Crippen LogP contribution in [0.2, 0.25) is 0 Å². The normalized spacial score (nSPS) is 13.3. The van der Waals surface area contributed by atoms with Crippen LogP contribution in [0.3, 0.4) is 0 Å². The number of rotatable bonds is 2. The van der Waals surface area contributed by atoms with Crippen LogP contribution in [-0.4, -0.2) is 15.6 Å². The first-order chi connectivity index (χ1) is 6.82. The van der Waals surface area contributed by atoms with Crippen molar-refractivity contribution < 1.29 is 0 Å². The fraction of sp³-hybridized carbons (Fsp3) is 0.636. The van der Waals surface area contributed by atoms with E-state index >= 15 is 0 Å². The summed E-state index contributed by atoms with van der Waals surface area (Å²) >= 11 is 0. The predicted octanol–water partition coefficient (Wildman–Crippen LogP) is 1.63. The van der Waals surface area contributed by atoms with Crippen molar-refractivity contribution in [2.75, 3.05) is 0 Å². The van der Waals surface area contributed by atoms with Gasteiger partial charge in [-0.25, -0.2) is 0 Å². The Bertz CT molecular complexity index is 368. The first kappa shape index (κ1) is 11.8. The van der Waals surface area contributed by atoms with E-state index in [1.54, 1.807) is 0 Å². The van der Waals surface area contributed by atoms with Crippen molar-refractivity contribution >= 4 is 5.84 Å². The third kappa shape index (κ3) is 2.81. The van der Waals surface area contributed by atoms with Gasteiger partial charge in [-0.05, 0) is 6.92 Å². The van der Waals surface area contributed by atoms with E-state index in [0.717, 1.165) is 11.3 Å². The summed E-state index contributed by atoms with van der Waals surface area (Å²) in [7, 11) is 1.93. The van der Waals surface area contributed by atoms with Crippen molar-refractivity contribution in [3.63, 3.8) is 0 Å². The molecule has 0 saturated heterocycles. The van der Waals surface area contributed by atoms with Crippen LogP contribution >= 0.6 is 0 Å². The molecule has 15 heavy (non-hydrogen) atoms. The summed E-state index contributed by atoms with van der Waals surface area (Å²) in [5.41, 5.74) is 8.09. The van der Waals surface area contributed by atoms with Crippen LogP contribution in [0.4, 0.5) is 0 Å². The maximum Gasteiger partial charge on any atom is 0.0995 e. The molecule has 0 aromatic carbocycles. The van der Waals surface area contributed by atoms with Gasteiger partial charge in [0, 0.05) is 23.7 Å². The molecule has 84 valence electrons. The van der Waals surface area contributed by atoms with Crippen LogP contribution in [0, 0.1) is 12.3 Å². The molecule has 1 heterocycles. The second-order valence-corrected chi connectivity index (χ2v) is 4.83. The zero-order valence-corrected chi connectivity index (χ0v) is 10.2. The quantitative estimate of drug-likeness (QED) is 0.593. The molecule has 2 N–H and O–H groups in total. The third-order valence-corrected chi connectivity index (χ3v) is 2.53. The Hall–Kier alpha value is -1.32. The van der Waals surface area contributed by atoms with E-state index in [2.05, 4.69) is 30.9 Å². The van der Waals surface area contributed by atoms with E-state index in [1.165, 1.54) is 0 Å². The van der Waals surface area contributed by atoms with Crippen molar-refractivity contribution in [3.05, 3.63) is 17.5 Å². The zero-order valence-electron chi connectivity index (χ0n) is 10.2. The molecule has 0 amide bonds. The maximum absolute atomic E-state index is 5.88. The topological polar surface area (TPSA) is 56.2 Å². The minimum Gasteiger partial charge on any atom is -0.387 e. The standard InChI is InChI=1S/C11H20N4/c1-8-9(7-14-15(8)5)6-13-10(12)11(2,3)4/h7H,6H2,1-5H3,(H2,12,13). The van der Waals surface area contributed by atoms with Gasteiger partial charge in [0.15, 0.2) is 0 Å². The lowest BCUT2D eigenvalue weighted by Gasteiger charge is -2.17. The number of aromatic nitrogens is 2. The number of amidine groups is 1. The van der Waals surface area contributed by atoms with E-state index in [1.807, 2.05) is 24.9 Å². The highest BCUT2D eigenvalue weighted by atomic mass is 15.3. The molecule has 4 nitrogen and oxygen atoms in total. The second kappa shape index (κ2) is 4.04. The van der Waals surface area contributed by atoms with Crippen LogP contribution < -0.4 is 5.73 Å². The van der Waals surface area contributed by atoms with E-state index in [0.29, 0.717) is 12.4 Å². The maximum atomic E-state index is 5.88. The molecule has 0 fully saturated rings. The first-order valence-electron chi connectivity index (χ1n) is 5.10. The lowest BCUT2D eigenvalue weighted by molar-refractivity contribution is 0.581. The van der Waals surface area contributed by atoms with Crippen LogP contribution in [0.15, 0.2) is 11.2 Å². The van der Waals surface area contributed by atoms with Gasteiger partial charge in [-0.1, -0.05) is 20.8 Å². The van der Waals surface area contributed by atoms with Crippen LogP contribution in [0.1, 0.15) is 32.0 Å². The fourth-order valence-corrected chi connectivity index (χ4v) is 1.11. The lowest BCUT2D eigenvalue weighted by atomic mass is 9.95. The number of nitrogens with zero attached hydrogens (tertiary/aromatic N) is 3. The Morgan fingerprint density at radius 1 is 1.53 bits per heavy atom. The van der Waals surface area contributed by atoms with E-state index in [9.17, 15) is 0 Å². The summed E-state index contributed by atoms with van der Waals surface area (Å²) in [5.74, 6) is 0.686. The van der Waals surface area contributed by atoms with Gasteiger partial charge in [0.2, 0.25) is 0 Å². The van der Waals surface area contributed by atoms with Gasteiger partial charge in [-0.3, -0.25) is 9.67 Å². The Balaban J connectivity index is 2.77. The molecule has 0 aliphatic carbocycles. The van der Waals surface area contributed by atoms with E-state index in [-0.39, 0.29) is 5.41 Å². The summed E-state index contributed by atoms with van der Waals surface area (Å²) in [6.07, 6.45) is 1.84. The summed E-state index contributed by atoms with van der Waals surface area (Å²) in [6.45, 7) is 8.82. The van der Waals surface area contributed by atoms with Gasteiger partial charge in [0.25, 0.3) is 0 Å². The van der Waals surface area contributed by atoms with Crippen LogP contribution in [0.25, 0.3) is 0 Å². The molecule has 0 saturated carbocycles. The molecule has 1 aromatic heterocycles. The van der Waals surface area contributed by atoms with Gasteiger partial charge in [-0.2, -0.15) is 5.10 Å². The summed E-state index contributed by atoms with van der Waals surface area (Å²) in [5, 5.41) is 4.16. The predicted molar refractivity (Wildman–Crippen MR) is 62.7 cm³/mol. The van der Waals surface area contributed by atoms with Gasteiger partial charge < -0.3 is 5.73 Å². The monoisotopic (exact) mass is 208 g/mol. The van der Waals surface area contributed by atoms with Gasteiger partial charge in [0.1, 0.15) is 0 Å². The van der Waals surface area contributed by atoms with Crippen molar-refractivity contribution in [3.8, 4) is 0 Å². The molecule has 0 spiro atoms.